The summed E-state index contributed by atoms with van der Waals surface area (Å²) in [5.41, 5.74) is 7.04. The van der Waals surface area contributed by atoms with Crippen molar-refractivity contribution in [3.63, 3.8) is 0 Å². The van der Waals surface area contributed by atoms with Crippen LogP contribution >= 0.6 is 0 Å². The Morgan fingerprint density at radius 2 is 1.95 bits per heavy atom. The number of hydrogen-bond donors (Lipinski definition) is 3. The van der Waals surface area contributed by atoms with Crippen molar-refractivity contribution >= 4 is 17.3 Å². The number of anilines is 2. The highest BCUT2D eigenvalue weighted by atomic mass is 19.1. The maximum atomic E-state index is 13.2. The maximum Gasteiger partial charge on any atom is 0.223 e. The molecule has 0 unspecified atom stereocenters. The Morgan fingerprint density at radius 3 is 2.57 bits per heavy atom. The van der Waals surface area contributed by atoms with Gasteiger partial charge in [0.1, 0.15) is 5.82 Å². The smallest absolute Gasteiger partial charge is 0.223 e. The number of carbonyl (C=O) groups is 1. The zero-order chi connectivity index (χ0) is 15.4. The molecule has 0 radical (unpaired) electrons. The summed E-state index contributed by atoms with van der Waals surface area (Å²) < 4.78 is 13.2. The minimum absolute atomic E-state index is 0.0929. The normalized spacial score (nSPS) is 22.1. The van der Waals surface area contributed by atoms with Crippen LogP contribution in [0.2, 0.25) is 0 Å². The van der Waals surface area contributed by atoms with Gasteiger partial charge in [-0.1, -0.05) is 0 Å². The number of amides is 1. The maximum absolute atomic E-state index is 13.2. The number of halogens is 1. The van der Waals surface area contributed by atoms with Gasteiger partial charge in [-0.15, -0.1) is 0 Å². The third-order valence-electron chi connectivity index (χ3n) is 3.90. The van der Waals surface area contributed by atoms with Gasteiger partial charge in [0.15, 0.2) is 0 Å². The van der Waals surface area contributed by atoms with Gasteiger partial charge < -0.3 is 16.4 Å². The standard InChI is InChI=1S/C16H24FN3O/c1-10(2)19-16(21)11-3-6-13(7-4-11)20-15-9-12(17)5-8-14(15)18/h5,8-11,13,20H,3-4,6-7,18H2,1-2H3,(H,19,21). The van der Waals surface area contributed by atoms with Crippen molar-refractivity contribution in [2.24, 2.45) is 5.92 Å². The Hall–Kier alpha value is -1.78. The number of nitrogens with two attached hydrogens (primary N) is 1. The van der Waals surface area contributed by atoms with Crippen LogP contribution in [0.15, 0.2) is 18.2 Å². The van der Waals surface area contributed by atoms with E-state index in [2.05, 4.69) is 10.6 Å². The number of nitrogens with one attached hydrogen (secondary N) is 2. The average molecular weight is 293 g/mol. The molecule has 5 heteroatoms. The van der Waals surface area contributed by atoms with Gasteiger partial charge in [0.2, 0.25) is 5.91 Å². The van der Waals surface area contributed by atoms with E-state index in [4.69, 9.17) is 5.73 Å². The van der Waals surface area contributed by atoms with Crippen molar-refractivity contribution in [3.05, 3.63) is 24.0 Å². The van der Waals surface area contributed by atoms with E-state index in [-0.39, 0.29) is 29.7 Å². The van der Waals surface area contributed by atoms with Gasteiger partial charge in [-0.2, -0.15) is 0 Å². The second-order valence-electron chi connectivity index (χ2n) is 6.09. The number of carbonyl (C=O) groups excluding carboxylic acids is 1. The van der Waals surface area contributed by atoms with Gasteiger partial charge in [-0.3, -0.25) is 4.79 Å². The molecular weight excluding hydrogens is 269 g/mol. The van der Waals surface area contributed by atoms with E-state index in [1.807, 2.05) is 13.8 Å². The minimum atomic E-state index is -0.295. The first kappa shape index (κ1) is 15.6. The van der Waals surface area contributed by atoms with Crippen LogP contribution < -0.4 is 16.4 Å². The fraction of sp³-hybridized carbons (Fsp3) is 0.562. The molecule has 21 heavy (non-hydrogen) atoms. The summed E-state index contributed by atoms with van der Waals surface area (Å²) >= 11 is 0. The minimum Gasteiger partial charge on any atom is -0.397 e. The first-order valence-electron chi connectivity index (χ1n) is 7.57. The molecule has 1 aromatic rings. The molecule has 116 valence electrons. The van der Waals surface area contributed by atoms with Crippen molar-refractivity contribution in [2.75, 3.05) is 11.1 Å². The summed E-state index contributed by atoms with van der Waals surface area (Å²) in [6.07, 6.45) is 3.50. The first-order chi connectivity index (χ1) is 9.95. The van der Waals surface area contributed by atoms with Gasteiger partial charge >= 0.3 is 0 Å². The number of benzene rings is 1. The molecule has 1 aromatic carbocycles. The zero-order valence-electron chi connectivity index (χ0n) is 12.7. The predicted molar refractivity (Wildman–Crippen MR) is 83.5 cm³/mol. The van der Waals surface area contributed by atoms with Crippen LogP contribution in [0.3, 0.4) is 0 Å². The Balaban J connectivity index is 1.87. The lowest BCUT2D eigenvalue weighted by Gasteiger charge is -2.30. The highest BCUT2D eigenvalue weighted by molar-refractivity contribution is 5.79. The van der Waals surface area contributed by atoms with E-state index >= 15 is 0 Å². The van der Waals surface area contributed by atoms with Crippen molar-refractivity contribution in [1.29, 1.82) is 0 Å². The summed E-state index contributed by atoms with van der Waals surface area (Å²) in [6.45, 7) is 3.94. The molecule has 4 nitrogen and oxygen atoms in total. The highest BCUT2D eigenvalue weighted by Crippen LogP contribution is 2.29. The molecule has 1 amide bonds. The average Bonchev–Trinajstić information content (AvgIpc) is 2.43. The van der Waals surface area contributed by atoms with Gasteiger partial charge in [0.05, 0.1) is 11.4 Å². The molecule has 0 saturated heterocycles. The fourth-order valence-electron chi connectivity index (χ4n) is 2.78. The SMILES string of the molecule is CC(C)NC(=O)C1CCC(Nc2cc(F)ccc2N)CC1. The van der Waals surface area contributed by atoms with Crippen molar-refractivity contribution < 1.29 is 9.18 Å². The van der Waals surface area contributed by atoms with Crippen LogP contribution in [-0.2, 0) is 4.79 Å². The van der Waals surface area contributed by atoms with E-state index in [0.29, 0.717) is 11.4 Å². The predicted octanol–water partition coefficient (Wildman–Crippen LogP) is 2.90. The summed E-state index contributed by atoms with van der Waals surface area (Å²) in [6, 6.07) is 4.78. The van der Waals surface area contributed by atoms with Crippen LogP contribution in [-0.4, -0.2) is 18.0 Å². The second-order valence-corrected chi connectivity index (χ2v) is 6.09. The van der Waals surface area contributed by atoms with E-state index in [9.17, 15) is 9.18 Å². The van der Waals surface area contributed by atoms with Crippen molar-refractivity contribution in [2.45, 2.75) is 51.6 Å². The van der Waals surface area contributed by atoms with Gasteiger partial charge in [0.25, 0.3) is 0 Å². The number of nitrogen functional groups attached to an aromatic ring is 1. The molecule has 0 aromatic heterocycles. The number of rotatable bonds is 4. The Morgan fingerprint density at radius 1 is 1.29 bits per heavy atom. The molecule has 4 N–H and O–H groups in total. The van der Waals surface area contributed by atoms with Gasteiger partial charge in [-0.25, -0.2) is 4.39 Å². The molecule has 0 heterocycles. The lowest BCUT2D eigenvalue weighted by atomic mass is 9.85. The lowest BCUT2D eigenvalue weighted by molar-refractivity contribution is -0.126. The fourth-order valence-corrected chi connectivity index (χ4v) is 2.78. The molecule has 1 fully saturated rings. The molecule has 0 atom stereocenters. The third-order valence-corrected chi connectivity index (χ3v) is 3.90. The summed E-state index contributed by atoms with van der Waals surface area (Å²) in [5.74, 6) is -0.0549. The Labute approximate surface area is 125 Å². The van der Waals surface area contributed by atoms with Crippen LogP contribution in [0.1, 0.15) is 39.5 Å². The molecule has 1 aliphatic rings. The summed E-state index contributed by atoms with van der Waals surface area (Å²) in [4.78, 5) is 12.0. The molecule has 0 bridgehead atoms. The van der Waals surface area contributed by atoms with Crippen LogP contribution in [0.25, 0.3) is 0 Å². The molecule has 0 spiro atoms. The highest BCUT2D eigenvalue weighted by Gasteiger charge is 2.26. The van der Waals surface area contributed by atoms with E-state index < -0.39 is 0 Å². The van der Waals surface area contributed by atoms with E-state index in [1.165, 1.54) is 12.1 Å². The van der Waals surface area contributed by atoms with Crippen LogP contribution in [0, 0.1) is 11.7 Å². The van der Waals surface area contributed by atoms with Crippen molar-refractivity contribution in [3.8, 4) is 0 Å². The Bertz CT molecular complexity index is 496. The van der Waals surface area contributed by atoms with E-state index in [1.54, 1.807) is 6.07 Å². The quantitative estimate of drug-likeness (QED) is 0.748. The lowest BCUT2D eigenvalue weighted by Crippen LogP contribution is -2.38. The number of hydrogen-bond acceptors (Lipinski definition) is 3. The molecule has 0 aliphatic heterocycles. The zero-order valence-corrected chi connectivity index (χ0v) is 12.7. The van der Waals surface area contributed by atoms with Crippen molar-refractivity contribution in [1.82, 2.24) is 5.32 Å². The summed E-state index contributed by atoms with van der Waals surface area (Å²) in [5, 5.41) is 6.26. The monoisotopic (exact) mass is 293 g/mol. The van der Waals surface area contributed by atoms with Gasteiger partial charge in [0, 0.05) is 18.0 Å². The molecule has 1 aliphatic carbocycles. The molecular formula is C16H24FN3O. The third kappa shape index (κ3) is 4.34. The molecule has 2 rings (SSSR count). The van der Waals surface area contributed by atoms with Crippen LogP contribution in [0.4, 0.5) is 15.8 Å². The van der Waals surface area contributed by atoms with Gasteiger partial charge in [-0.05, 0) is 57.7 Å². The largest absolute Gasteiger partial charge is 0.397 e. The summed E-state index contributed by atoms with van der Waals surface area (Å²) in [7, 11) is 0. The van der Waals surface area contributed by atoms with E-state index in [0.717, 1.165) is 25.7 Å². The Kier molecular flexibility index (Phi) is 5.04. The molecule has 1 saturated carbocycles. The topological polar surface area (TPSA) is 67.2 Å². The van der Waals surface area contributed by atoms with Crippen LogP contribution in [0.5, 0.6) is 0 Å². The second kappa shape index (κ2) is 6.78. The first-order valence-corrected chi connectivity index (χ1v) is 7.57.